The fourth-order valence-corrected chi connectivity index (χ4v) is 1.85. The topological polar surface area (TPSA) is 58.4 Å². The quantitative estimate of drug-likeness (QED) is 0.650. The molecule has 0 bridgehead atoms. The van der Waals surface area contributed by atoms with Gasteiger partial charge in [0.2, 0.25) is 5.91 Å². The first-order valence-corrected chi connectivity index (χ1v) is 6.03. The Morgan fingerprint density at radius 1 is 1.50 bits per heavy atom. The summed E-state index contributed by atoms with van der Waals surface area (Å²) in [6.07, 6.45) is 1.62. The van der Waals surface area contributed by atoms with Crippen LogP contribution in [0.3, 0.4) is 0 Å². The highest BCUT2D eigenvalue weighted by Crippen LogP contribution is 2.07. The number of nitrogens with two attached hydrogens (primary N) is 1. The average Bonchev–Trinajstić information content (AvgIpc) is 2.11. The van der Waals surface area contributed by atoms with E-state index >= 15 is 0 Å². The minimum atomic E-state index is -0.329. The first kappa shape index (κ1) is 15.3. The summed E-state index contributed by atoms with van der Waals surface area (Å²) < 4.78 is 0. The Bertz CT molecular complexity index is 243. The highest BCUT2D eigenvalue weighted by molar-refractivity contribution is 7.80. The molecule has 0 saturated carbocycles. The van der Waals surface area contributed by atoms with Crippen molar-refractivity contribution in [2.45, 2.75) is 32.7 Å². The van der Waals surface area contributed by atoms with Crippen molar-refractivity contribution in [2.75, 3.05) is 20.6 Å². The summed E-state index contributed by atoms with van der Waals surface area (Å²) in [5.41, 5.74) is 5.56. The van der Waals surface area contributed by atoms with Gasteiger partial charge in [0.15, 0.2) is 0 Å². The normalized spacial score (nSPS) is 14.6. The number of nitrogens with zero attached hydrogens (tertiary/aromatic N) is 1. The van der Waals surface area contributed by atoms with Crippen LogP contribution < -0.4 is 11.1 Å². The first-order valence-electron chi connectivity index (χ1n) is 5.62. The van der Waals surface area contributed by atoms with Gasteiger partial charge in [0, 0.05) is 12.6 Å². The fourth-order valence-electron chi connectivity index (χ4n) is 1.63. The predicted octanol–water partition coefficient (Wildman–Crippen LogP) is 0.755. The monoisotopic (exact) mass is 245 g/mol. The average molecular weight is 245 g/mol. The van der Waals surface area contributed by atoms with E-state index in [1.807, 2.05) is 32.8 Å². The summed E-state index contributed by atoms with van der Waals surface area (Å²) >= 11 is 4.91. The fraction of sp³-hybridized carbons (Fsp3) is 0.818. The molecule has 0 fully saturated rings. The standard InChI is InChI=1S/C11H23N3OS/c1-5-6-9(10(12)16)11(15)13-8(2)7-14(3)4/h8-9H,5-7H2,1-4H3,(H2,12,16)(H,13,15). The molecule has 0 aromatic carbocycles. The van der Waals surface area contributed by atoms with E-state index in [9.17, 15) is 4.79 Å². The van der Waals surface area contributed by atoms with Gasteiger partial charge in [0.05, 0.1) is 10.9 Å². The van der Waals surface area contributed by atoms with Crippen LogP contribution in [0.1, 0.15) is 26.7 Å². The van der Waals surface area contributed by atoms with E-state index in [1.54, 1.807) is 0 Å². The lowest BCUT2D eigenvalue weighted by Gasteiger charge is -2.21. The van der Waals surface area contributed by atoms with Crippen LogP contribution in [0.25, 0.3) is 0 Å². The van der Waals surface area contributed by atoms with E-state index < -0.39 is 0 Å². The molecule has 0 aromatic rings. The Kier molecular flexibility index (Phi) is 7.25. The molecule has 2 atom stereocenters. The lowest BCUT2D eigenvalue weighted by atomic mass is 10.0. The van der Waals surface area contributed by atoms with E-state index in [1.165, 1.54) is 0 Å². The Morgan fingerprint density at radius 3 is 2.44 bits per heavy atom. The van der Waals surface area contributed by atoms with Crippen molar-refractivity contribution in [2.24, 2.45) is 11.7 Å². The van der Waals surface area contributed by atoms with Crippen LogP contribution in [0, 0.1) is 5.92 Å². The molecule has 0 aromatic heterocycles. The van der Waals surface area contributed by atoms with Gasteiger partial charge in [-0.1, -0.05) is 25.6 Å². The van der Waals surface area contributed by atoms with Gasteiger partial charge in [-0.3, -0.25) is 4.79 Å². The molecule has 0 rings (SSSR count). The van der Waals surface area contributed by atoms with Gasteiger partial charge in [-0.05, 0) is 27.4 Å². The van der Waals surface area contributed by atoms with Crippen LogP contribution >= 0.6 is 12.2 Å². The van der Waals surface area contributed by atoms with E-state index in [-0.39, 0.29) is 22.9 Å². The molecule has 94 valence electrons. The molecule has 0 saturated heterocycles. The number of likely N-dealkylation sites (N-methyl/N-ethyl adjacent to an activating group) is 1. The SMILES string of the molecule is CCCC(C(=O)NC(C)CN(C)C)C(N)=S. The van der Waals surface area contributed by atoms with Crippen LogP contribution in [-0.4, -0.2) is 42.5 Å². The maximum atomic E-state index is 11.9. The van der Waals surface area contributed by atoms with Crippen LogP contribution in [0.4, 0.5) is 0 Å². The minimum absolute atomic E-state index is 0.0521. The van der Waals surface area contributed by atoms with Gasteiger partial charge in [0.25, 0.3) is 0 Å². The molecule has 16 heavy (non-hydrogen) atoms. The van der Waals surface area contributed by atoms with Gasteiger partial charge in [0.1, 0.15) is 0 Å². The predicted molar refractivity (Wildman–Crippen MR) is 71.3 cm³/mol. The van der Waals surface area contributed by atoms with Gasteiger partial charge < -0.3 is 16.0 Å². The Hall–Kier alpha value is -0.680. The van der Waals surface area contributed by atoms with Crippen molar-refractivity contribution in [3.05, 3.63) is 0 Å². The minimum Gasteiger partial charge on any atom is -0.393 e. The van der Waals surface area contributed by atoms with Crippen molar-refractivity contribution >= 4 is 23.1 Å². The highest BCUT2D eigenvalue weighted by atomic mass is 32.1. The van der Waals surface area contributed by atoms with Crippen molar-refractivity contribution in [1.82, 2.24) is 10.2 Å². The molecule has 4 nitrogen and oxygen atoms in total. The molecular formula is C11H23N3OS. The second-order valence-electron chi connectivity index (χ2n) is 4.42. The lowest BCUT2D eigenvalue weighted by Crippen LogP contribution is -2.45. The first-order chi connectivity index (χ1) is 7.38. The number of hydrogen-bond acceptors (Lipinski definition) is 3. The maximum absolute atomic E-state index is 11.9. The molecule has 0 radical (unpaired) electrons. The van der Waals surface area contributed by atoms with E-state index in [0.717, 1.165) is 19.4 Å². The Balaban J connectivity index is 4.24. The van der Waals surface area contributed by atoms with Crippen molar-refractivity contribution < 1.29 is 4.79 Å². The summed E-state index contributed by atoms with van der Waals surface area (Å²) in [4.78, 5) is 14.2. The summed E-state index contributed by atoms with van der Waals surface area (Å²) in [5.74, 6) is -0.381. The number of carbonyl (C=O) groups excluding carboxylic acids is 1. The largest absolute Gasteiger partial charge is 0.393 e. The summed E-state index contributed by atoms with van der Waals surface area (Å²) in [7, 11) is 3.94. The van der Waals surface area contributed by atoms with E-state index in [4.69, 9.17) is 18.0 Å². The molecule has 0 aliphatic rings. The molecule has 5 heteroatoms. The van der Waals surface area contributed by atoms with Crippen LogP contribution in [0.15, 0.2) is 0 Å². The number of nitrogens with one attached hydrogen (secondary N) is 1. The van der Waals surface area contributed by atoms with Crippen LogP contribution in [0.5, 0.6) is 0 Å². The molecule has 2 unspecified atom stereocenters. The number of thiocarbonyl (C=S) groups is 1. The van der Waals surface area contributed by atoms with Gasteiger partial charge >= 0.3 is 0 Å². The zero-order valence-electron chi connectivity index (χ0n) is 10.6. The summed E-state index contributed by atoms with van der Waals surface area (Å²) in [6, 6.07) is 0.108. The molecule has 0 spiro atoms. The number of carbonyl (C=O) groups is 1. The molecule has 1 amide bonds. The lowest BCUT2D eigenvalue weighted by molar-refractivity contribution is -0.123. The smallest absolute Gasteiger partial charge is 0.230 e. The van der Waals surface area contributed by atoms with Crippen LogP contribution in [0.2, 0.25) is 0 Å². The molecule has 0 aliphatic heterocycles. The number of amides is 1. The van der Waals surface area contributed by atoms with E-state index in [0.29, 0.717) is 0 Å². The summed E-state index contributed by atoms with van der Waals surface area (Å²) in [6.45, 7) is 4.80. The second kappa shape index (κ2) is 7.57. The zero-order chi connectivity index (χ0) is 12.7. The molecular weight excluding hydrogens is 222 g/mol. The molecule has 0 aliphatic carbocycles. The third-order valence-electron chi connectivity index (χ3n) is 2.26. The molecule has 0 heterocycles. The summed E-state index contributed by atoms with van der Waals surface area (Å²) in [5, 5.41) is 2.93. The van der Waals surface area contributed by atoms with Gasteiger partial charge in [-0.25, -0.2) is 0 Å². The highest BCUT2D eigenvalue weighted by Gasteiger charge is 2.21. The Labute approximate surface area is 104 Å². The van der Waals surface area contributed by atoms with Crippen molar-refractivity contribution in [3.8, 4) is 0 Å². The number of hydrogen-bond donors (Lipinski definition) is 2. The second-order valence-corrected chi connectivity index (χ2v) is 4.89. The maximum Gasteiger partial charge on any atom is 0.230 e. The van der Waals surface area contributed by atoms with E-state index in [2.05, 4.69) is 5.32 Å². The van der Waals surface area contributed by atoms with Crippen LogP contribution in [-0.2, 0) is 4.79 Å². The number of rotatable bonds is 7. The third-order valence-corrected chi connectivity index (χ3v) is 2.55. The molecule has 3 N–H and O–H groups in total. The van der Waals surface area contributed by atoms with Crippen molar-refractivity contribution in [1.29, 1.82) is 0 Å². The zero-order valence-corrected chi connectivity index (χ0v) is 11.4. The van der Waals surface area contributed by atoms with Gasteiger partial charge in [-0.15, -0.1) is 0 Å². The third kappa shape index (κ3) is 6.02. The van der Waals surface area contributed by atoms with Gasteiger partial charge in [-0.2, -0.15) is 0 Å². The Morgan fingerprint density at radius 2 is 2.06 bits per heavy atom. The van der Waals surface area contributed by atoms with Crippen molar-refractivity contribution in [3.63, 3.8) is 0 Å².